The van der Waals surface area contributed by atoms with E-state index in [2.05, 4.69) is 0 Å². The molecule has 1 aromatic rings. The van der Waals surface area contributed by atoms with Gasteiger partial charge < -0.3 is 21.1 Å². The molecule has 1 aliphatic carbocycles. The van der Waals surface area contributed by atoms with Gasteiger partial charge in [-0.25, -0.2) is 9.18 Å². The zero-order valence-electron chi connectivity index (χ0n) is 15.9. The Balaban J connectivity index is 2.40. The third-order valence-electron chi connectivity index (χ3n) is 4.37. The Bertz CT molecular complexity index is 726. The van der Waals surface area contributed by atoms with E-state index in [0.29, 0.717) is 6.54 Å². The zero-order valence-corrected chi connectivity index (χ0v) is 15.9. The fourth-order valence-corrected chi connectivity index (χ4v) is 3.50. The molecule has 0 saturated carbocycles. The third kappa shape index (κ3) is 4.85. The number of likely N-dealkylation sites (N-methyl/N-ethyl adjacent to an activating group) is 1. The molecule has 0 spiro atoms. The van der Waals surface area contributed by atoms with E-state index in [4.69, 9.17) is 16.2 Å². The summed E-state index contributed by atoms with van der Waals surface area (Å²) in [5.41, 5.74) is 11.4. The van der Waals surface area contributed by atoms with E-state index in [1.54, 1.807) is 19.9 Å². The second-order valence-corrected chi connectivity index (χ2v) is 7.72. The van der Waals surface area contributed by atoms with Crippen LogP contribution in [0, 0.1) is 0 Å². The maximum Gasteiger partial charge on any atom is 0.405 e. The van der Waals surface area contributed by atoms with Gasteiger partial charge in [0.25, 0.3) is 0 Å². The Morgan fingerprint density at radius 1 is 1.31 bits per heavy atom. The molecule has 0 radical (unpaired) electrons. The summed E-state index contributed by atoms with van der Waals surface area (Å²) in [6.45, 7) is 3.87. The van der Waals surface area contributed by atoms with E-state index >= 15 is 4.39 Å². The lowest BCUT2D eigenvalue weighted by Crippen LogP contribution is -2.44. The van der Waals surface area contributed by atoms with Gasteiger partial charge in [-0.15, -0.1) is 0 Å². The predicted octanol–water partition coefficient (Wildman–Crippen LogP) is 3.22. The first-order chi connectivity index (χ1) is 12.0. The van der Waals surface area contributed by atoms with Crippen molar-refractivity contribution < 1.29 is 13.9 Å². The lowest BCUT2D eigenvalue weighted by Gasteiger charge is -2.38. The van der Waals surface area contributed by atoms with Gasteiger partial charge in [0.1, 0.15) is 5.60 Å². The third-order valence-corrected chi connectivity index (χ3v) is 4.37. The quantitative estimate of drug-likeness (QED) is 0.815. The molecule has 0 heterocycles. The van der Waals surface area contributed by atoms with Crippen molar-refractivity contribution in [2.45, 2.75) is 38.0 Å². The lowest BCUT2D eigenvalue weighted by atomic mass is 9.77. The highest BCUT2D eigenvalue weighted by Crippen LogP contribution is 2.42. The molecule has 6 heteroatoms. The zero-order chi connectivity index (χ0) is 19.5. The Hall–Kier alpha value is -2.34. The van der Waals surface area contributed by atoms with Gasteiger partial charge in [-0.3, -0.25) is 0 Å². The number of halogens is 1. The SMILES string of the molecule is CN(C)CC1=C(c2ccccc2)C=C(N)C(F)(CC(C)(C)OC(N)=O)C1. The molecule has 1 amide bonds. The summed E-state index contributed by atoms with van der Waals surface area (Å²) < 4.78 is 20.9. The summed E-state index contributed by atoms with van der Waals surface area (Å²) in [6, 6.07) is 9.80. The number of hydrogen-bond acceptors (Lipinski definition) is 4. The number of alkyl halides is 1. The summed E-state index contributed by atoms with van der Waals surface area (Å²) in [5, 5.41) is 0. The first kappa shape index (κ1) is 20.0. The molecule has 1 aliphatic rings. The summed E-state index contributed by atoms with van der Waals surface area (Å²) in [7, 11) is 3.88. The first-order valence-corrected chi connectivity index (χ1v) is 8.60. The molecule has 1 unspecified atom stereocenters. The van der Waals surface area contributed by atoms with Crippen LogP contribution in [-0.2, 0) is 4.74 Å². The minimum atomic E-state index is -1.80. The number of nitrogens with zero attached hydrogens (tertiary/aromatic N) is 1. The average molecular weight is 361 g/mol. The van der Waals surface area contributed by atoms with Gasteiger partial charge >= 0.3 is 6.09 Å². The molecule has 0 aromatic heterocycles. The van der Waals surface area contributed by atoms with Crippen LogP contribution in [0.4, 0.5) is 9.18 Å². The Kier molecular flexibility index (Phi) is 5.76. The van der Waals surface area contributed by atoms with E-state index in [1.165, 1.54) is 0 Å². The maximum absolute atomic E-state index is 15.8. The minimum Gasteiger partial charge on any atom is -0.444 e. The van der Waals surface area contributed by atoms with Gasteiger partial charge in [-0.2, -0.15) is 0 Å². The summed E-state index contributed by atoms with van der Waals surface area (Å²) >= 11 is 0. The molecule has 2 rings (SSSR count). The molecular formula is C20H28FN3O2. The van der Waals surface area contributed by atoms with E-state index in [1.807, 2.05) is 49.3 Å². The number of carbonyl (C=O) groups excluding carboxylic acids is 1. The van der Waals surface area contributed by atoms with Crippen molar-refractivity contribution in [3.63, 3.8) is 0 Å². The summed E-state index contributed by atoms with van der Waals surface area (Å²) in [5.74, 6) is 0. The molecule has 1 aromatic carbocycles. The fourth-order valence-electron chi connectivity index (χ4n) is 3.50. The molecule has 5 nitrogen and oxygen atoms in total. The number of rotatable bonds is 6. The van der Waals surface area contributed by atoms with Gasteiger partial charge in [0.15, 0.2) is 5.67 Å². The number of carbonyl (C=O) groups is 1. The highest BCUT2D eigenvalue weighted by atomic mass is 19.1. The van der Waals surface area contributed by atoms with E-state index in [0.717, 1.165) is 16.7 Å². The van der Waals surface area contributed by atoms with Crippen LogP contribution in [-0.4, -0.2) is 42.9 Å². The highest BCUT2D eigenvalue weighted by Gasteiger charge is 2.43. The van der Waals surface area contributed by atoms with Gasteiger partial charge in [0.2, 0.25) is 0 Å². The largest absolute Gasteiger partial charge is 0.444 e. The predicted molar refractivity (Wildman–Crippen MR) is 102 cm³/mol. The van der Waals surface area contributed by atoms with Gasteiger partial charge in [0.05, 0.1) is 0 Å². The van der Waals surface area contributed by atoms with Crippen LogP contribution >= 0.6 is 0 Å². The molecule has 0 bridgehead atoms. The van der Waals surface area contributed by atoms with Crippen LogP contribution in [0.2, 0.25) is 0 Å². The van der Waals surface area contributed by atoms with Crippen molar-refractivity contribution in [2.24, 2.45) is 11.5 Å². The molecule has 26 heavy (non-hydrogen) atoms. The van der Waals surface area contributed by atoms with Crippen LogP contribution in [0.15, 0.2) is 47.7 Å². The Labute approximate surface area is 154 Å². The fraction of sp³-hybridized carbons (Fsp3) is 0.450. The molecule has 0 aliphatic heterocycles. The average Bonchev–Trinajstić information content (AvgIpc) is 2.49. The Morgan fingerprint density at radius 2 is 1.92 bits per heavy atom. The number of benzene rings is 1. The second kappa shape index (κ2) is 7.50. The molecule has 142 valence electrons. The maximum atomic E-state index is 15.8. The molecule has 4 N–H and O–H groups in total. The van der Waals surface area contributed by atoms with Crippen LogP contribution in [0.3, 0.4) is 0 Å². The van der Waals surface area contributed by atoms with Crippen molar-refractivity contribution in [2.75, 3.05) is 20.6 Å². The molecular weight excluding hydrogens is 333 g/mol. The van der Waals surface area contributed by atoms with Crippen molar-refractivity contribution in [1.82, 2.24) is 4.90 Å². The topological polar surface area (TPSA) is 81.6 Å². The van der Waals surface area contributed by atoms with Gasteiger partial charge in [-0.05, 0) is 50.7 Å². The Morgan fingerprint density at radius 3 is 2.46 bits per heavy atom. The summed E-state index contributed by atoms with van der Waals surface area (Å²) in [6.07, 6.45) is 0.858. The normalized spacial score (nSPS) is 20.9. The van der Waals surface area contributed by atoms with Crippen LogP contribution < -0.4 is 11.5 Å². The van der Waals surface area contributed by atoms with Crippen molar-refractivity contribution >= 4 is 11.7 Å². The standard InChI is InChI=1S/C20H28FN3O2/c1-19(2,26-18(23)25)13-20(21)11-15(12-24(3)4)16(10-17(20)22)14-8-6-5-7-9-14/h5-10H,11-13,22H2,1-4H3,(H2,23,25). The molecule has 0 fully saturated rings. The molecule has 0 saturated heterocycles. The second-order valence-electron chi connectivity index (χ2n) is 7.72. The van der Waals surface area contributed by atoms with E-state index in [9.17, 15) is 4.79 Å². The van der Waals surface area contributed by atoms with E-state index in [-0.39, 0.29) is 18.5 Å². The number of nitrogens with two attached hydrogens (primary N) is 2. The smallest absolute Gasteiger partial charge is 0.405 e. The van der Waals surface area contributed by atoms with Crippen LogP contribution in [0.25, 0.3) is 5.57 Å². The van der Waals surface area contributed by atoms with Crippen molar-refractivity contribution in [3.8, 4) is 0 Å². The van der Waals surface area contributed by atoms with Crippen LogP contribution in [0.1, 0.15) is 32.3 Å². The van der Waals surface area contributed by atoms with E-state index < -0.39 is 17.4 Å². The van der Waals surface area contributed by atoms with Gasteiger partial charge in [0, 0.05) is 25.1 Å². The van der Waals surface area contributed by atoms with Gasteiger partial charge in [-0.1, -0.05) is 30.3 Å². The number of amides is 1. The number of ether oxygens (including phenoxy) is 1. The molecule has 1 atom stereocenters. The summed E-state index contributed by atoms with van der Waals surface area (Å²) in [4.78, 5) is 13.1. The lowest BCUT2D eigenvalue weighted by molar-refractivity contribution is 0.000508. The first-order valence-electron chi connectivity index (χ1n) is 8.60. The highest BCUT2D eigenvalue weighted by molar-refractivity contribution is 5.79. The van der Waals surface area contributed by atoms with Crippen molar-refractivity contribution in [1.29, 1.82) is 0 Å². The number of allylic oxidation sites excluding steroid dienone is 3. The number of hydrogen-bond donors (Lipinski definition) is 2. The number of primary amides is 1. The van der Waals surface area contributed by atoms with Crippen LogP contribution in [0.5, 0.6) is 0 Å². The van der Waals surface area contributed by atoms with Crippen molar-refractivity contribution in [3.05, 3.63) is 53.2 Å². The minimum absolute atomic E-state index is 0.0652. The monoisotopic (exact) mass is 361 g/mol.